The highest BCUT2D eigenvalue weighted by atomic mass is 79.9. The van der Waals surface area contributed by atoms with Crippen molar-refractivity contribution in [2.24, 2.45) is 0 Å². The summed E-state index contributed by atoms with van der Waals surface area (Å²) in [6, 6.07) is 17.0. The topological polar surface area (TPSA) is 56.1 Å². The van der Waals surface area contributed by atoms with Crippen LogP contribution in [0.5, 0.6) is 5.75 Å². The summed E-state index contributed by atoms with van der Waals surface area (Å²) in [5.41, 5.74) is 2.24. The summed E-state index contributed by atoms with van der Waals surface area (Å²) in [5.74, 6) is 0.582. The molecule has 26 heavy (non-hydrogen) atoms. The Kier molecular flexibility index (Phi) is 5.73. The van der Waals surface area contributed by atoms with Gasteiger partial charge in [0.15, 0.2) is 5.69 Å². The summed E-state index contributed by atoms with van der Waals surface area (Å²) in [6.45, 7) is 4.49. The van der Waals surface area contributed by atoms with Gasteiger partial charge in [-0.25, -0.2) is 4.68 Å². The van der Waals surface area contributed by atoms with Gasteiger partial charge in [-0.15, -0.1) is 0 Å². The van der Waals surface area contributed by atoms with E-state index in [2.05, 4.69) is 26.3 Å². The molecule has 0 saturated carbocycles. The molecule has 1 N–H and O–H groups in total. The zero-order chi connectivity index (χ0) is 18.5. The standard InChI is InChI=1S/C20H20BrN3O2/c1-3-26-18-9-4-6-15(12-18)14(2)22-20(25)19-10-11-24(23-19)17-8-5-7-16(21)13-17/h4-14H,3H2,1-2H3,(H,22,25). The van der Waals surface area contributed by atoms with Gasteiger partial charge in [-0.3, -0.25) is 4.79 Å². The maximum absolute atomic E-state index is 12.5. The SMILES string of the molecule is CCOc1cccc(C(C)NC(=O)c2ccn(-c3cccc(Br)c3)n2)c1. The van der Waals surface area contributed by atoms with Crippen molar-refractivity contribution in [3.05, 3.63) is 76.5 Å². The van der Waals surface area contributed by atoms with Crippen LogP contribution in [0, 0.1) is 0 Å². The Morgan fingerprint density at radius 3 is 2.81 bits per heavy atom. The van der Waals surface area contributed by atoms with Gasteiger partial charge in [0.1, 0.15) is 5.75 Å². The number of aromatic nitrogens is 2. The highest BCUT2D eigenvalue weighted by Gasteiger charge is 2.15. The van der Waals surface area contributed by atoms with Crippen molar-refractivity contribution in [1.82, 2.24) is 15.1 Å². The largest absolute Gasteiger partial charge is 0.494 e. The molecule has 0 aliphatic heterocycles. The molecular formula is C20H20BrN3O2. The van der Waals surface area contributed by atoms with Crippen molar-refractivity contribution in [2.75, 3.05) is 6.61 Å². The fourth-order valence-corrected chi connectivity index (χ4v) is 2.99. The van der Waals surface area contributed by atoms with E-state index < -0.39 is 0 Å². The third-order valence-corrected chi connectivity index (χ3v) is 4.40. The van der Waals surface area contributed by atoms with Crippen molar-refractivity contribution >= 4 is 21.8 Å². The number of halogens is 1. The summed E-state index contributed by atoms with van der Waals surface area (Å²) in [7, 11) is 0. The summed E-state index contributed by atoms with van der Waals surface area (Å²) >= 11 is 3.44. The maximum Gasteiger partial charge on any atom is 0.272 e. The lowest BCUT2D eigenvalue weighted by molar-refractivity contribution is 0.0934. The van der Waals surface area contributed by atoms with E-state index in [1.54, 1.807) is 16.9 Å². The molecule has 5 nitrogen and oxygen atoms in total. The third kappa shape index (κ3) is 4.32. The number of nitrogens with zero attached hydrogens (tertiary/aromatic N) is 2. The summed E-state index contributed by atoms with van der Waals surface area (Å²) < 4.78 is 8.15. The molecule has 1 unspecified atom stereocenters. The molecule has 3 rings (SSSR count). The summed E-state index contributed by atoms with van der Waals surface area (Å²) in [5, 5.41) is 7.35. The maximum atomic E-state index is 12.5. The normalized spacial score (nSPS) is 11.8. The van der Waals surface area contributed by atoms with Gasteiger partial charge < -0.3 is 10.1 Å². The fourth-order valence-electron chi connectivity index (χ4n) is 2.60. The van der Waals surface area contributed by atoms with Crippen molar-refractivity contribution in [1.29, 1.82) is 0 Å². The van der Waals surface area contributed by atoms with Gasteiger partial charge in [0.25, 0.3) is 5.91 Å². The van der Waals surface area contributed by atoms with Gasteiger partial charge >= 0.3 is 0 Å². The van der Waals surface area contributed by atoms with Gasteiger partial charge in [-0.2, -0.15) is 5.10 Å². The van der Waals surface area contributed by atoms with Crippen LogP contribution in [0.15, 0.2) is 65.3 Å². The van der Waals surface area contributed by atoms with Crippen LogP contribution in [0.1, 0.15) is 35.9 Å². The van der Waals surface area contributed by atoms with Crippen molar-refractivity contribution in [3.63, 3.8) is 0 Å². The first-order valence-corrected chi connectivity index (χ1v) is 9.21. The number of hydrogen-bond acceptors (Lipinski definition) is 3. The number of nitrogens with one attached hydrogen (secondary N) is 1. The van der Waals surface area contributed by atoms with E-state index >= 15 is 0 Å². The average Bonchev–Trinajstić information content (AvgIpc) is 3.12. The van der Waals surface area contributed by atoms with E-state index in [1.807, 2.05) is 62.4 Å². The molecule has 0 saturated heterocycles. The number of hydrogen-bond donors (Lipinski definition) is 1. The average molecular weight is 414 g/mol. The molecule has 134 valence electrons. The first-order chi connectivity index (χ1) is 12.6. The third-order valence-electron chi connectivity index (χ3n) is 3.91. The number of benzene rings is 2. The second kappa shape index (κ2) is 8.19. The Morgan fingerprint density at radius 1 is 1.23 bits per heavy atom. The zero-order valence-corrected chi connectivity index (χ0v) is 16.2. The van der Waals surface area contributed by atoms with E-state index in [0.717, 1.165) is 21.5 Å². The van der Waals surface area contributed by atoms with E-state index in [0.29, 0.717) is 12.3 Å². The quantitative estimate of drug-likeness (QED) is 0.645. The number of amides is 1. The highest BCUT2D eigenvalue weighted by molar-refractivity contribution is 9.10. The van der Waals surface area contributed by atoms with Gasteiger partial charge in [0.2, 0.25) is 0 Å². The Bertz CT molecular complexity index is 907. The van der Waals surface area contributed by atoms with Gasteiger partial charge in [0, 0.05) is 10.7 Å². The van der Waals surface area contributed by atoms with Gasteiger partial charge in [0.05, 0.1) is 18.3 Å². The summed E-state index contributed by atoms with van der Waals surface area (Å²) in [6.07, 6.45) is 1.77. The van der Waals surface area contributed by atoms with E-state index in [-0.39, 0.29) is 11.9 Å². The highest BCUT2D eigenvalue weighted by Crippen LogP contribution is 2.20. The molecule has 1 amide bonds. The molecule has 3 aromatic rings. The lowest BCUT2D eigenvalue weighted by atomic mass is 10.1. The van der Waals surface area contributed by atoms with E-state index in [9.17, 15) is 4.79 Å². The van der Waals surface area contributed by atoms with Crippen LogP contribution in [0.3, 0.4) is 0 Å². The lowest BCUT2D eigenvalue weighted by Gasteiger charge is -2.14. The molecule has 0 fully saturated rings. The first-order valence-electron chi connectivity index (χ1n) is 8.42. The minimum Gasteiger partial charge on any atom is -0.494 e. The molecule has 6 heteroatoms. The van der Waals surface area contributed by atoms with Crippen molar-refractivity contribution in [3.8, 4) is 11.4 Å². The molecule has 0 spiro atoms. The summed E-state index contributed by atoms with van der Waals surface area (Å²) in [4.78, 5) is 12.5. The zero-order valence-electron chi connectivity index (χ0n) is 14.6. The minimum absolute atomic E-state index is 0.154. The Hall–Kier alpha value is -2.60. The number of ether oxygens (including phenoxy) is 1. The second-order valence-electron chi connectivity index (χ2n) is 5.83. The van der Waals surface area contributed by atoms with Crippen LogP contribution in [0.2, 0.25) is 0 Å². The second-order valence-corrected chi connectivity index (χ2v) is 6.74. The first kappa shape index (κ1) is 18.2. The molecule has 0 aliphatic rings. The molecule has 1 atom stereocenters. The predicted molar refractivity (Wildman–Crippen MR) is 105 cm³/mol. The lowest BCUT2D eigenvalue weighted by Crippen LogP contribution is -2.27. The van der Waals surface area contributed by atoms with Crippen LogP contribution in [-0.4, -0.2) is 22.3 Å². The number of carbonyl (C=O) groups is 1. The van der Waals surface area contributed by atoms with E-state index in [1.165, 1.54) is 0 Å². The predicted octanol–water partition coefficient (Wildman–Crippen LogP) is 4.52. The molecular weight excluding hydrogens is 394 g/mol. The Balaban J connectivity index is 1.71. The molecule has 2 aromatic carbocycles. The number of carbonyl (C=O) groups excluding carboxylic acids is 1. The monoisotopic (exact) mass is 413 g/mol. The Morgan fingerprint density at radius 2 is 2.04 bits per heavy atom. The fraction of sp³-hybridized carbons (Fsp3) is 0.200. The number of rotatable bonds is 6. The van der Waals surface area contributed by atoms with Crippen molar-refractivity contribution < 1.29 is 9.53 Å². The molecule has 1 heterocycles. The van der Waals surface area contributed by atoms with E-state index in [4.69, 9.17) is 4.74 Å². The minimum atomic E-state index is -0.215. The van der Waals surface area contributed by atoms with Crippen molar-refractivity contribution in [2.45, 2.75) is 19.9 Å². The van der Waals surface area contributed by atoms with Crippen LogP contribution in [0.25, 0.3) is 5.69 Å². The van der Waals surface area contributed by atoms with Crippen LogP contribution in [-0.2, 0) is 0 Å². The van der Waals surface area contributed by atoms with Crippen LogP contribution < -0.4 is 10.1 Å². The smallest absolute Gasteiger partial charge is 0.272 e. The van der Waals surface area contributed by atoms with Gasteiger partial charge in [-0.05, 0) is 55.8 Å². The molecule has 0 aliphatic carbocycles. The molecule has 0 radical (unpaired) electrons. The molecule has 0 bridgehead atoms. The van der Waals surface area contributed by atoms with Gasteiger partial charge in [-0.1, -0.05) is 34.1 Å². The molecule has 1 aromatic heterocycles. The van der Waals surface area contributed by atoms with Crippen LogP contribution >= 0.6 is 15.9 Å². The Labute approximate surface area is 161 Å². The van der Waals surface area contributed by atoms with Crippen LogP contribution in [0.4, 0.5) is 0 Å².